The Morgan fingerprint density at radius 3 is 2.68 bits per heavy atom. The molecule has 180 valence electrons. The fourth-order valence-corrected chi connectivity index (χ4v) is 4.14. The fraction of sp³-hybridized carbons (Fsp3) is 0.292. The minimum absolute atomic E-state index is 0.0843. The number of hydrogen-bond donors (Lipinski definition) is 1. The Labute approximate surface area is 201 Å². The molecular weight excluding hydrogens is 462 g/mol. The first-order valence-electron chi connectivity index (χ1n) is 10.6. The van der Waals surface area contributed by atoms with Gasteiger partial charge in [-0.3, -0.25) is 9.36 Å². The second-order valence-corrected chi connectivity index (χ2v) is 8.48. The van der Waals surface area contributed by atoms with E-state index in [1.165, 1.54) is 17.8 Å². The van der Waals surface area contributed by atoms with Crippen molar-refractivity contribution in [3.63, 3.8) is 0 Å². The lowest BCUT2D eigenvalue weighted by molar-refractivity contribution is -0.115. The zero-order valence-corrected chi connectivity index (χ0v) is 19.9. The average molecular weight is 489 g/mol. The summed E-state index contributed by atoms with van der Waals surface area (Å²) in [6.45, 7) is 7.88. The Morgan fingerprint density at radius 2 is 2.00 bits per heavy atom. The summed E-state index contributed by atoms with van der Waals surface area (Å²) in [5.74, 6) is -0.135. The van der Waals surface area contributed by atoms with Crippen LogP contribution in [0.15, 0.2) is 60.3 Å². The quantitative estimate of drug-likeness (QED) is 0.288. The highest BCUT2D eigenvalue weighted by atomic mass is 32.2. The predicted molar refractivity (Wildman–Crippen MR) is 127 cm³/mol. The smallest absolute Gasteiger partial charge is 0.238 e. The van der Waals surface area contributed by atoms with Gasteiger partial charge in [0.1, 0.15) is 23.1 Å². The molecule has 2 aromatic carbocycles. The number of benzene rings is 2. The van der Waals surface area contributed by atoms with E-state index in [1.807, 2.05) is 36.6 Å². The summed E-state index contributed by atoms with van der Waals surface area (Å²) in [5, 5.41) is 11.0. The van der Waals surface area contributed by atoms with Crippen LogP contribution in [0.5, 0.6) is 11.5 Å². The number of thioether (sulfide) groups is 1. The molecule has 0 aliphatic heterocycles. The molecule has 10 heteroatoms. The molecule has 0 fully saturated rings. The molecule has 0 bridgehead atoms. The van der Waals surface area contributed by atoms with Crippen LogP contribution in [-0.4, -0.2) is 33.0 Å². The van der Waals surface area contributed by atoms with Crippen LogP contribution in [0.25, 0.3) is 0 Å². The topological polar surface area (TPSA) is 78.3 Å². The van der Waals surface area contributed by atoms with Crippen LogP contribution in [-0.2, 0) is 11.3 Å². The molecule has 0 saturated carbocycles. The number of methoxy groups -OCH3 is 1. The number of nitrogens with one attached hydrogen (secondary N) is 1. The highest BCUT2D eigenvalue weighted by Crippen LogP contribution is 2.30. The molecule has 2 unspecified atom stereocenters. The number of nitrogens with zero attached hydrogens (tertiary/aromatic N) is 3. The summed E-state index contributed by atoms with van der Waals surface area (Å²) in [6.07, 6.45) is 1.70. The van der Waals surface area contributed by atoms with Crippen molar-refractivity contribution in [1.29, 1.82) is 0 Å². The third-order valence-electron chi connectivity index (χ3n) is 4.87. The molecule has 3 aromatic rings. The normalized spacial score (nSPS) is 12.6. The number of anilines is 1. The number of allylic oxidation sites excluding steroid dienone is 1. The van der Waals surface area contributed by atoms with Crippen LogP contribution in [0.3, 0.4) is 0 Å². The summed E-state index contributed by atoms with van der Waals surface area (Å²) in [5.41, 5.74) is -0.0843. The average Bonchev–Trinajstić information content (AvgIpc) is 3.21. The minimum Gasteiger partial charge on any atom is -0.497 e. The van der Waals surface area contributed by atoms with E-state index in [0.717, 1.165) is 12.1 Å². The second kappa shape index (κ2) is 11.6. The summed E-state index contributed by atoms with van der Waals surface area (Å²) < 4.78 is 40.2. The Bertz CT molecular complexity index is 1150. The van der Waals surface area contributed by atoms with Crippen LogP contribution >= 0.6 is 11.8 Å². The van der Waals surface area contributed by atoms with E-state index in [-0.39, 0.29) is 5.69 Å². The van der Waals surface area contributed by atoms with Crippen molar-refractivity contribution < 1.29 is 23.0 Å². The largest absolute Gasteiger partial charge is 0.497 e. The maximum Gasteiger partial charge on any atom is 0.238 e. The molecule has 0 aliphatic carbocycles. The van der Waals surface area contributed by atoms with E-state index in [9.17, 15) is 13.6 Å². The Kier molecular flexibility index (Phi) is 8.64. The highest BCUT2D eigenvalue weighted by Gasteiger charge is 2.25. The van der Waals surface area contributed by atoms with Gasteiger partial charge in [-0.2, -0.15) is 0 Å². The van der Waals surface area contributed by atoms with Gasteiger partial charge in [0.2, 0.25) is 5.91 Å². The van der Waals surface area contributed by atoms with E-state index in [1.54, 1.807) is 19.3 Å². The van der Waals surface area contributed by atoms with E-state index < -0.39 is 28.9 Å². The molecule has 0 radical (unpaired) electrons. The lowest BCUT2D eigenvalue weighted by Crippen LogP contribution is -2.25. The van der Waals surface area contributed by atoms with Gasteiger partial charge in [-0.15, -0.1) is 16.8 Å². The Balaban J connectivity index is 1.77. The number of halogens is 2. The first-order valence-corrected chi connectivity index (χ1v) is 11.5. The van der Waals surface area contributed by atoms with Crippen LogP contribution in [0.2, 0.25) is 0 Å². The van der Waals surface area contributed by atoms with Gasteiger partial charge in [0.05, 0.1) is 18.0 Å². The zero-order valence-electron chi connectivity index (χ0n) is 19.1. The maximum atomic E-state index is 14.0. The lowest BCUT2D eigenvalue weighted by Gasteiger charge is -2.18. The predicted octanol–water partition coefficient (Wildman–Crippen LogP) is 5.40. The molecule has 1 amide bonds. The molecule has 0 saturated heterocycles. The molecule has 1 N–H and O–H groups in total. The molecule has 1 heterocycles. The Hall–Kier alpha value is -3.40. The molecule has 7 nitrogen and oxygen atoms in total. The van der Waals surface area contributed by atoms with Crippen molar-refractivity contribution in [2.75, 3.05) is 12.4 Å². The maximum absolute atomic E-state index is 14.0. The van der Waals surface area contributed by atoms with Gasteiger partial charge >= 0.3 is 0 Å². The van der Waals surface area contributed by atoms with Crippen molar-refractivity contribution in [3.05, 3.63) is 72.6 Å². The third kappa shape index (κ3) is 6.13. The second-order valence-electron chi connectivity index (χ2n) is 7.31. The van der Waals surface area contributed by atoms with Crippen LogP contribution in [0, 0.1) is 11.6 Å². The van der Waals surface area contributed by atoms with Crippen molar-refractivity contribution in [2.24, 2.45) is 0 Å². The molecule has 1 aromatic heterocycles. The van der Waals surface area contributed by atoms with Crippen LogP contribution < -0.4 is 14.8 Å². The molecule has 2 atom stereocenters. The first-order chi connectivity index (χ1) is 16.4. The van der Waals surface area contributed by atoms with Gasteiger partial charge in [-0.05, 0) is 37.6 Å². The summed E-state index contributed by atoms with van der Waals surface area (Å²) in [7, 11) is 1.58. The van der Waals surface area contributed by atoms with Gasteiger partial charge in [-0.25, -0.2) is 8.78 Å². The van der Waals surface area contributed by atoms with E-state index in [0.29, 0.717) is 35.4 Å². The lowest BCUT2D eigenvalue weighted by atomic mass is 10.2. The van der Waals surface area contributed by atoms with Gasteiger partial charge in [0, 0.05) is 18.7 Å². The summed E-state index contributed by atoms with van der Waals surface area (Å²) in [4.78, 5) is 12.8. The molecule has 0 spiro atoms. The zero-order chi connectivity index (χ0) is 24.7. The van der Waals surface area contributed by atoms with Crippen molar-refractivity contribution in [3.8, 4) is 11.5 Å². The standard InChI is InChI=1S/C24H26F2N4O3S/c1-5-12-30-22(15(3)33-18-9-7-8-17(14-18)32-4)28-29-24(30)34-21(6-2)23(31)27-20-11-10-16(25)13-19(20)26/h5,7-11,13-15,21H,1,6,12H2,2-4H3,(H,27,31). The van der Waals surface area contributed by atoms with Crippen molar-refractivity contribution >= 4 is 23.4 Å². The molecule has 3 rings (SSSR count). The van der Waals surface area contributed by atoms with Crippen molar-refractivity contribution in [1.82, 2.24) is 14.8 Å². The van der Waals surface area contributed by atoms with E-state index in [2.05, 4.69) is 22.1 Å². The number of amides is 1. The highest BCUT2D eigenvalue weighted by molar-refractivity contribution is 8.00. The van der Waals surface area contributed by atoms with Gasteiger partial charge in [0.25, 0.3) is 0 Å². The van der Waals surface area contributed by atoms with Crippen molar-refractivity contribution in [2.45, 2.75) is 43.3 Å². The number of aromatic nitrogens is 3. The Morgan fingerprint density at radius 1 is 1.24 bits per heavy atom. The summed E-state index contributed by atoms with van der Waals surface area (Å²) >= 11 is 1.20. The summed E-state index contributed by atoms with van der Waals surface area (Å²) in [6, 6.07) is 10.2. The minimum atomic E-state index is -0.839. The molecular formula is C24H26F2N4O3S. The first kappa shape index (κ1) is 25.2. The van der Waals surface area contributed by atoms with Crippen LogP contribution in [0.1, 0.15) is 32.2 Å². The van der Waals surface area contributed by atoms with Gasteiger partial charge in [-0.1, -0.05) is 30.8 Å². The number of ether oxygens (including phenoxy) is 2. The van der Waals surface area contributed by atoms with Crippen LogP contribution in [0.4, 0.5) is 14.5 Å². The number of hydrogen-bond acceptors (Lipinski definition) is 6. The van der Waals surface area contributed by atoms with Gasteiger partial charge < -0.3 is 14.8 Å². The number of carbonyl (C=O) groups is 1. The number of rotatable bonds is 11. The number of carbonyl (C=O) groups excluding carboxylic acids is 1. The van der Waals surface area contributed by atoms with Gasteiger partial charge in [0.15, 0.2) is 17.1 Å². The molecule has 0 aliphatic rings. The monoisotopic (exact) mass is 488 g/mol. The third-order valence-corrected chi connectivity index (χ3v) is 6.22. The van der Waals surface area contributed by atoms with E-state index in [4.69, 9.17) is 9.47 Å². The fourth-order valence-electron chi connectivity index (χ4n) is 3.17. The SMILES string of the molecule is C=CCn1c(SC(CC)C(=O)Nc2ccc(F)cc2F)nnc1C(C)Oc1cccc(OC)c1. The molecule has 34 heavy (non-hydrogen) atoms. The van der Waals surface area contributed by atoms with E-state index >= 15 is 0 Å².